The summed E-state index contributed by atoms with van der Waals surface area (Å²) in [5, 5.41) is 15.5. The molecule has 0 radical (unpaired) electrons. The lowest BCUT2D eigenvalue weighted by atomic mass is 10.2. The van der Waals surface area contributed by atoms with E-state index in [1.807, 2.05) is 6.92 Å². The number of carbonyl (C=O) groups excluding carboxylic acids is 3. The van der Waals surface area contributed by atoms with E-state index in [1.165, 1.54) is 23.2 Å². The van der Waals surface area contributed by atoms with Crippen molar-refractivity contribution in [3.63, 3.8) is 0 Å². The number of rotatable bonds is 22. The SMILES string of the molecule is CCC(C=O)NC(=O)CSc1nc2c(c(=O)n(C)c(=O)n2C)n1COCC[Si](C)(C)C.CCC(CO)NC(=O)CSc1nc2c(c(=O)n(C)c(=O)n2C)n1COCC[Si](C)(C)C. The zero-order chi connectivity index (χ0) is 46.7. The van der Waals surface area contributed by atoms with Crippen LogP contribution in [0.1, 0.15) is 26.7 Å². The minimum atomic E-state index is -1.28. The molecule has 0 aliphatic rings. The Morgan fingerprint density at radius 1 is 0.694 bits per heavy atom. The summed E-state index contributed by atoms with van der Waals surface area (Å²) in [7, 11) is 3.38. The van der Waals surface area contributed by atoms with E-state index in [2.05, 4.69) is 59.9 Å². The molecule has 0 fully saturated rings. The van der Waals surface area contributed by atoms with Crippen LogP contribution in [0, 0.1) is 0 Å². The Morgan fingerprint density at radius 2 is 1.10 bits per heavy atom. The number of nitrogens with zero attached hydrogens (tertiary/aromatic N) is 8. The molecular formula is C38H64N10O10S2Si2. The molecule has 4 heterocycles. The minimum absolute atomic E-state index is 0.0107. The number of aromatic nitrogens is 8. The summed E-state index contributed by atoms with van der Waals surface area (Å²) in [6.45, 7) is 18.3. The van der Waals surface area contributed by atoms with E-state index in [0.717, 1.165) is 44.7 Å². The maximum Gasteiger partial charge on any atom is 0.332 e. The quantitative estimate of drug-likeness (QED) is 0.0440. The normalized spacial score (nSPS) is 12.9. The van der Waals surface area contributed by atoms with Crippen LogP contribution in [0.5, 0.6) is 0 Å². The first-order valence-corrected chi connectivity index (χ1v) is 29.8. The number of aliphatic hydroxyl groups excluding tert-OH is 1. The number of nitrogens with one attached hydrogen (secondary N) is 2. The summed E-state index contributed by atoms with van der Waals surface area (Å²) in [5.41, 5.74) is -0.861. The molecule has 346 valence electrons. The van der Waals surface area contributed by atoms with Crippen LogP contribution in [0.25, 0.3) is 22.3 Å². The lowest BCUT2D eigenvalue weighted by Crippen LogP contribution is -2.38. The average molecular weight is 941 g/mol. The van der Waals surface area contributed by atoms with Gasteiger partial charge in [0.05, 0.1) is 30.2 Å². The van der Waals surface area contributed by atoms with E-state index in [1.54, 1.807) is 30.2 Å². The maximum absolute atomic E-state index is 12.8. The average Bonchev–Trinajstić information content (AvgIpc) is 3.78. The maximum atomic E-state index is 12.8. The second-order valence-electron chi connectivity index (χ2n) is 17.2. The number of hydrogen-bond donors (Lipinski definition) is 3. The number of aliphatic hydroxyl groups is 1. The Bertz CT molecular complexity index is 2440. The molecule has 0 spiro atoms. The van der Waals surface area contributed by atoms with Crippen LogP contribution in [0.3, 0.4) is 0 Å². The van der Waals surface area contributed by atoms with Gasteiger partial charge in [-0.15, -0.1) is 0 Å². The highest BCUT2D eigenvalue weighted by Gasteiger charge is 2.23. The summed E-state index contributed by atoms with van der Waals surface area (Å²) < 4.78 is 19.6. The van der Waals surface area contributed by atoms with Crippen LogP contribution in [0.2, 0.25) is 51.4 Å². The zero-order valence-electron chi connectivity index (χ0n) is 38.0. The zero-order valence-corrected chi connectivity index (χ0v) is 41.7. The fraction of sp³-hybridized carbons (Fsp3) is 0.658. The van der Waals surface area contributed by atoms with Crippen molar-refractivity contribution in [1.29, 1.82) is 0 Å². The third-order valence-corrected chi connectivity index (χ3v) is 15.1. The van der Waals surface area contributed by atoms with E-state index >= 15 is 0 Å². The topological polar surface area (TPSA) is 238 Å². The summed E-state index contributed by atoms with van der Waals surface area (Å²) in [5.74, 6) is -0.491. The highest BCUT2D eigenvalue weighted by atomic mass is 32.2. The highest BCUT2D eigenvalue weighted by Crippen LogP contribution is 2.23. The van der Waals surface area contributed by atoms with Gasteiger partial charge in [0.1, 0.15) is 19.7 Å². The van der Waals surface area contributed by atoms with Gasteiger partial charge in [0.25, 0.3) is 11.1 Å². The fourth-order valence-corrected chi connectivity index (χ4v) is 8.77. The second kappa shape index (κ2) is 23.0. The molecule has 24 heteroatoms. The van der Waals surface area contributed by atoms with Crippen LogP contribution >= 0.6 is 23.5 Å². The highest BCUT2D eigenvalue weighted by molar-refractivity contribution is 8.00. The van der Waals surface area contributed by atoms with E-state index in [-0.39, 0.29) is 71.8 Å². The number of aldehydes is 1. The first-order valence-electron chi connectivity index (χ1n) is 20.4. The van der Waals surface area contributed by atoms with Gasteiger partial charge >= 0.3 is 11.4 Å². The number of ether oxygens (including phenoxy) is 2. The van der Waals surface area contributed by atoms with Crippen molar-refractivity contribution in [2.45, 2.75) is 114 Å². The molecule has 0 saturated carbocycles. The van der Waals surface area contributed by atoms with Gasteiger partial charge in [-0.05, 0) is 24.9 Å². The molecule has 4 aromatic rings. The summed E-state index contributed by atoms with van der Waals surface area (Å²) in [4.78, 5) is 94.5. The predicted octanol–water partition coefficient (Wildman–Crippen LogP) is 1.66. The van der Waals surface area contributed by atoms with E-state index in [9.17, 15) is 38.7 Å². The lowest BCUT2D eigenvalue weighted by Gasteiger charge is -2.16. The van der Waals surface area contributed by atoms with Gasteiger partial charge in [0.2, 0.25) is 11.8 Å². The smallest absolute Gasteiger partial charge is 0.332 e. The molecule has 20 nitrogen and oxygen atoms in total. The van der Waals surface area contributed by atoms with Gasteiger partial charge < -0.3 is 30.0 Å². The first-order chi connectivity index (χ1) is 29.0. The largest absolute Gasteiger partial charge is 0.394 e. The molecular weight excluding hydrogens is 877 g/mol. The molecule has 0 aromatic carbocycles. The minimum Gasteiger partial charge on any atom is -0.394 e. The summed E-state index contributed by atoms with van der Waals surface area (Å²) in [6, 6.07) is 1.10. The van der Waals surface area contributed by atoms with Gasteiger partial charge in [-0.25, -0.2) is 19.6 Å². The van der Waals surface area contributed by atoms with E-state index < -0.39 is 44.7 Å². The number of imidazole rings is 2. The molecule has 4 aromatic heterocycles. The molecule has 0 saturated heterocycles. The lowest BCUT2D eigenvalue weighted by molar-refractivity contribution is -0.122. The fourth-order valence-electron chi connectivity index (χ4n) is 5.67. The van der Waals surface area contributed by atoms with Crippen molar-refractivity contribution in [3.8, 4) is 0 Å². The van der Waals surface area contributed by atoms with Crippen LogP contribution < -0.4 is 33.1 Å². The van der Waals surface area contributed by atoms with E-state index in [4.69, 9.17) is 9.47 Å². The number of fused-ring (bicyclic) bond motifs is 2. The van der Waals surface area contributed by atoms with Gasteiger partial charge in [-0.3, -0.25) is 46.6 Å². The van der Waals surface area contributed by atoms with Gasteiger partial charge in [-0.1, -0.05) is 76.7 Å². The van der Waals surface area contributed by atoms with Crippen molar-refractivity contribution >= 4 is 80.1 Å². The van der Waals surface area contributed by atoms with Crippen LogP contribution in [0.4, 0.5) is 0 Å². The monoisotopic (exact) mass is 940 g/mol. The Balaban J connectivity index is 0.000000330. The number of hydrogen-bond acceptors (Lipinski definition) is 14. The van der Waals surface area contributed by atoms with Crippen LogP contribution in [-0.2, 0) is 65.5 Å². The molecule has 2 amide bonds. The standard InChI is InChI=1S/C19H33N5O5SSi.C19H31N5O5SSi/c2*1-7-13(10-25)20-14(26)11-30-18-21-16-15(17(27)23(3)19(28)22(16)2)24(18)12-29-8-9-31(4,5)6/h13,25H,7-12H2,1-6H3,(H,20,26);10,13H,7-9,11-12H2,1-6H3,(H,20,26). The molecule has 62 heavy (non-hydrogen) atoms. The van der Waals surface area contributed by atoms with Gasteiger partial charge in [-0.2, -0.15) is 0 Å². The molecule has 4 rings (SSSR count). The van der Waals surface area contributed by atoms with Crippen LogP contribution in [0.15, 0.2) is 29.5 Å². The van der Waals surface area contributed by atoms with E-state index in [0.29, 0.717) is 42.7 Å². The molecule has 0 aliphatic carbocycles. The summed E-state index contributed by atoms with van der Waals surface area (Å²) >= 11 is 2.29. The van der Waals surface area contributed by atoms with Crippen molar-refractivity contribution in [1.82, 2.24) is 48.0 Å². The van der Waals surface area contributed by atoms with Gasteiger partial charge in [0, 0.05) is 57.6 Å². The number of thioether (sulfide) groups is 2. The second-order valence-corrected chi connectivity index (χ2v) is 30.4. The number of carbonyl (C=O) groups is 3. The Hall–Kier alpha value is -4.08. The molecule has 2 unspecified atom stereocenters. The first kappa shape index (κ1) is 52.3. The predicted molar refractivity (Wildman–Crippen MR) is 248 cm³/mol. The van der Waals surface area contributed by atoms with Crippen molar-refractivity contribution < 1.29 is 29.0 Å². The van der Waals surface area contributed by atoms with Gasteiger partial charge in [0.15, 0.2) is 32.6 Å². The third kappa shape index (κ3) is 14.0. The summed E-state index contributed by atoms with van der Waals surface area (Å²) in [6.07, 6.45) is 1.82. The van der Waals surface area contributed by atoms with Crippen molar-refractivity contribution in [2.75, 3.05) is 31.3 Å². The molecule has 3 N–H and O–H groups in total. The third-order valence-electron chi connectivity index (χ3n) is 9.75. The Labute approximate surface area is 370 Å². The Morgan fingerprint density at radius 3 is 1.44 bits per heavy atom. The molecule has 0 aliphatic heterocycles. The van der Waals surface area contributed by atoms with Crippen molar-refractivity contribution in [3.05, 3.63) is 41.7 Å². The molecule has 0 bridgehead atoms. The van der Waals surface area contributed by atoms with Crippen LogP contribution in [-0.4, -0.2) is 120 Å². The molecule has 2 atom stereocenters. The number of amides is 2. The number of aryl methyl sites for hydroxylation is 2. The van der Waals surface area contributed by atoms with Crippen molar-refractivity contribution in [2.24, 2.45) is 28.2 Å². The Kier molecular flexibility index (Phi) is 19.4.